The zero-order valence-electron chi connectivity index (χ0n) is 17.9. The molecule has 170 valence electrons. The molecule has 1 saturated heterocycles. The third-order valence-electron chi connectivity index (χ3n) is 5.44. The molecule has 0 spiro atoms. The van der Waals surface area contributed by atoms with Crippen LogP contribution in [0.5, 0.6) is 0 Å². The number of nitrogens with zero attached hydrogens (tertiary/aromatic N) is 3. The van der Waals surface area contributed by atoms with Gasteiger partial charge in [-0.25, -0.2) is 12.8 Å². The molecule has 11 heteroatoms. The summed E-state index contributed by atoms with van der Waals surface area (Å²) in [5.74, 6) is -0.401. The molecule has 0 unspecified atom stereocenters. The van der Waals surface area contributed by atoms with Crippen molar-refractivity contribution in [3.05, 3.63) is 46.4 Å². The molecule has 0 saturated carbocycles. The van der Waals surface area contributed by atoms with Gasteiger partial charge in [0.15, 0.2) is 0 Å². The second kappa shape index (κ2) is 8.72. The fourth-order valence-corrected chi connectivity index (χ4v) is 6.76. The number of sulfonamides is 1. The van der Waals surface area contributed by atoms with Crippen LogP contribution in [0.1, 0.15) is 29.2 Å². The molecule has 0 radical (unpaired) electrons. The minimum atomic E-state index is -3.80. The number of carbonyl (C=O) groups is 1. The highest BCUT2D eigenvalue weighted by atomic mass is 32.2. The minimum absolute atomic E-state index is 0.0837. The highest BCUT2D eigenvalue weighted by Crippen LogP contribution is 2.35. The van der Waals surface area contributed by atoms with Gasteiger partial charge in [-0.15, -0.1) is 11.3 Å². The molecular weight excluding hydrogens is 455 g/mol. The van der Waals surface area contributed by atoms with Crippen LogP contribution in [0.15, 0.2) is 33.7 Å². The lowest BCUT2D eigenvalue weighted by molar-refractivity contribution is -0.120. The fourth-order valence-electron chi connectivity index (χ4n) is 3.75. The van der Waals surface area contributed by atoms with Crippen LogP contribution in [-0.4, -0.2) is 41.9 Å². The summed E-state index contributed by atoms with van der Waals surface area (Å²) in [6.07, 6.45) is 1.15. The van der Waals surface area contributed by atoms with E-state index < -0.39 is 15.9 Å². The van der Waals surface area contributed by atoms with E-state index in [4.69, 9.17) is 4.52 Å². The summed E-state index contributed by atoms with van der Waals surface area (Å²) < 4.78 is 46.4. The molecule has 1 aliphatic heterocycles. The molecule has 1 amide bonds. The van der Waals surface area contributed by atoms with Gasteiger partial charge in [-0.05, 0) is 56.5 Å². The number of anilines is 1. The second-order valence-corrected chi connectivity index (χ2v) is 11.0. The second-order valence-electron chi connectivity index (χ2n) is 7.82. The lowest BCUT2D eigenvalue weighted by Crippen LogP contribution is -2.43. The van der Waals surface area contributed by atoms with Crippen molar-refractivity contribution in [1.29, 1.82) is 0 Å². The highest BCUT2D eigenvalue weighted by molar-refractivity contribution is 7.89. The van der Waals surface area contributed by atoms with Gasteiger partial charge < -0.3 is 9.84 Å². The number of aromatic nitrogens is 2. The van der Waals surface area contributed by atoms with Crippen LogP contribution >= 0.6 is 11.3 Å². The van der Waals surface area contributed by atoms with Crippen molar-refractivity contribution in [2.24, 2.45) is 5.92 Å². The van der Waals surface area contributed by atoms with E-state index in [1.165, 1.54) is 33.8 Å². The number of rotatable bonds is 5. The Hall–Kier alpha value is -2.63. The quantitative estimate of drug-likeness (QED) is 0.596. The van der Waals surface area contributed by atoms with Gasteiger partial charge in [-0.3, -0.25) is 4.79 Å². The number of nitrogens with one attached hydrogen (secondary N) is 1. The van der Waals surface area contributed by atoms with Crippen LogP contribution in [0, 0.1) is 32.5 Å². The van der Waals surface area contributed by atoms with E-state index in [2.05, 4.69) is 15.5 Å². The van der Waals surface area contributed by atoms with Gasteiger partial charge in [0.2, 0.25) is 27.6 Å². The normalized spacial score (nSPS) is 17.4. The van der Waals surface area contributed by atoms with E-state index >= 15 is 0 Å². The Morgan fingerprint density at radius 3 is 2.75 bits per heavy atom. The van der Waals surface area contributed by atoms with Gasteiger partial charge in [-0.1, -0.05) is 5.16 Å². The predicted octanol–water partition coefficient (Wildman–Crippen LogP) is 3.90. The van der Waals surface area contributed by atoms with Crippen molar-refractivity contribution in [2.45, 2.75) is 38.5 Å². The zero-order valence-corrected chi connectivity index (χ0v) is 19.5. The first-order valence-electron chi connectivity index (χ1n) is 10.1. The molecule has 1 aromatic carbocycles. The Morgan fingerprint density at radius 1 is 1.28 bits per heavy atom. The summed E-state index contributed by atoms with van der Waals surface area (Å²) in [5, 5.41) is 6.67. The molecule has 4 rings (SSSR count). The van der Waals surface area contributed by atoms with Gasteiger partial charge in [0.05, 0.1) is 15.7 Å². The van der Waals surface area contributed by atoms with Crippen LogP contribution in [-0.2, 0) is 14.8 Å². The van der Waals surface area contributed by atoms with Gasteiger partial charge in [0, 0.05) is 30.6 Å². The number of amides is 1. The average molecular weight is 479 g/mol. The maximum Gasteiger partial charge on any atom is 0.244 e. The largest absolute Gasteiger partial charge is 0.339 e. The molecule has 1 N–H and O–H groups in total. The molecule has 2 aromatic heterocycles. The summed E-state index contributed by atoms with van der Waals surface area (Å²) in [6, 6.07) is 5.69. The average Bonchev–Trinajstić information content (AvgIpc) is 3.36. The number of hydrogen-bond donors (Lipinski definition) is 1. The van der Waals surface area contributed by atoms with Gasteiger partial charge >= 0.3 is 0 Å². The first kappa shape index (κ1) is 22.6. The van der Waals surface area contributed by atoms with Crippen LogP contribution in [0.3, 0.4) is 0 Å². The van der Waals surface area contributed by atoms with Crippen molar-refractivity contribution < 1.29 is 22.1 Å². The molecule has 3 heterocycles. The molecule has 0 bridgehead atoms. The first-order valence-corrected chi connectivity index (χ1v) is 12.4. The maximum atomic E-state index is 13.4. The van der Waals surface area contributed by atoms with Crippen LogP contribution in [0.25, 0.3) is 10.7 Å². The highest BCUT2D eigenvalue weighted by Gasteiger charge is 2.35. The Balaban J connectivity index is 1.52. The van der Waals surface area contributed by atoms with E-state index in [9.17, 15) is 17.6 Å². The minimum Gasteiger partial charge on any atom is -0.339 e. The smallest absolute Gasteiger partial charge is 0.244 e. The van der Waals surface area contributed by atoms with E-state index in [1.54, 1.807) is 26.8 Å². The van der Waals surface area contributed by atoms with Crippen molar-refractivity contribution in [3.8, 4) is 10.7 Å². The number of piperidine rings is 1. The van der Waals surface area contributed by atoms with Crippen molar-refractivity contribution in [2.75, 3.05) is 18.4 Å². The van der Waals surface area contributed by atoms with E-state index in [0.29, 0.717) is 52.1 Å². The summed E-state index contributed by atoms with van der Waals surface area (Å²) in [4.78, 5) is 18.4. The van der Waals surface area contributed by atoms with Crippen molar-refractivity contribution in [1.82, 2.24) is 14.4 Å². The number of hydrogen-bond acceptors (Lipinski definition) is 7. The molecule has 32 heavy (non-hydrogen) atoms. The molecular formula is C21H23FN4O4S2. The standard InChI is InChI=1S/C21H23FN4O4S2/c1-12-9-16(22)6-7-17(12)24-21(27)15-5-4-8-26(11-15)32(28,29)19-10-18(31-13(19)2)20-23-14(3)30-25-20/h6-7,9-10,15H,4-5,8,11H2,1-3H3,(H,24,27)/t15-/m1/s1. The topological polar surface area (TPSA) is 105 Å². The number of aryl methyl sites for hydroxylation is 3. The van der Waals surface area contributed by atoms with Crippen LogP contribution in [0.2, 0.25) is 0 Å². The zero-order chi connectivity index (χ0) is 23.0. The van der Waals surface area contributed by atoms with Crippen molar-refractivity contribution in [3.63, 3.8) is 0 Å². The van der Waals surface area contributed by atoms with Crippen molar-refractivity contribution >= 4 is 33.0 Å². The Kier molecular flexibility index (Phi) is 6.15. The van der Waals surface area contributed by atoms with Gasteiger partial charge in [0.1, 0.15) is 5.82 Å². The fraction of sp³-hybridized carbons (Fsp3) is 0.381. The summed E-state index contributed by atoms with van der Waals surface area (Å²) in [5.41, 5.74) is 1.13. The van der Waals surface area contributed by atoms with E-state index in [0.717, 1.165) is 0 Å². The lowest BCUT2D eigenvalue weighted by atomic mass is 9.98. The number of thiophene rings is 1. The van der Waals surface area contributed by atoms with Gasteiger partial charge in [-0.2, -0.15) is 9.29 Å². The molecule has 8 nitrogen and oxygen atoms in total. The lowest BCUT2D eigenvalue weighted by Gasteiger charge is -2.31. The summed E-state index contributed by atoms with van der Waals surface area (Å²) in [6.45, 7) is 5.53. The molecule has 1 atom stereocenters. The molecule has 1 aliphatic rings. The van der Waals surface area contributed by atoms with E-state index in [1.807, 2.05) is 0 Å². The van der Waals surface area contributed by atoms with E-state index in [-0.39, 0.29) is 23.2 Å². The first-order chi connectivity index (χ1) is 15.1. The molecule has 3 aromatic rings. The number of carbonyl (C=O) groups excluding carboxylic acids is 1. The third-order valence-corrected chi connectivity index (χ3v) is 8.61. The SMILES string of the molecule is Cc1nc(-c2cc(S(=O)(=O)N3CCC[C@@H](C(=O)Nc4ccc(F)cc4C)C3)c(C)s2)no1. The Bertz CT molecular complexity index is 1270. The third kappa shape index (κ3) is 4.45. The Labute approximate surface area is 189 Å². The number of halogens is 1. The summed E-state index contributed by atoms with van der Waals surface area (Å²) >= 11 is 1.28. The van der Waals surface area contributed by atoms with Gasteiger partial charge in [0.25, 0.3) is 0 Å². The maximum absolute atomic E-state index is 13.4. The molecule has 0 aliphatic carbocycles. The molecule has 1 fully saturated rings. The monoisotopic (exact) mass is 478 g/mol. The van der Waals surface area contributed by atoms with Crippen LogP contribution in [0.4, 0.5) is 10.1 Å². The number of benzene rings is 1. The van der Waals surface area contributed by atoms with Crippen LogP contribution < -0.4 is 5.32 Å². The predicted molar refractivity (Wildman–Crippen MR) is 118 cm³/mol. The Morgan fingerprint density at radius 2 is 2.06 bits per heavy atom. The summed E-state index contributed by atoms with van der Waals surface area (Å²) in [7, 11) is -3.80.